The van der Waals surface area contributed by atoms with E-state index in [4.69, 9.17) is 10.5 Å². The zero-order valence-corrected chi connectivity index (χ0v) is 11.3. The van der Waals surface area contributed by atoms with Crippen molar-refractivity contribution in [3.05, 3.63) is 29.8 Å². The topological polar surface area (TPSA) is 55.6 Å². The summed E-state index contributed by atoms with van der Waals surface area (Å²) in [4.78, 5) is 13.8. The van der Waals surface area contributed by atoms with Gasteiger partial charge in [-0.25, -0.2) is 8.78 Å². The molecule has 20 heavy (non-hydrogen) atoms. The second-order valence-electron chi connectivity index (χ2n) is 5.02. The lowest BCUT2D eigenvalue weighted by Gasteiger charge is -2.32. The molecule has 0 radical (unpaired) electrons. The Bertz CT molecular complexity index is 496. The van der Waals surface area contributed by atoms with Crippen molar-refractivity contribution in [2.24, 2.45) is 5.73 Å². The first-order valence-electron chi connectivity index (χ1n) is 6.63. The second-order valence-corrected chi connectivity index (χ2v) is 5.02. The Morgan fingerprint density at radius 2 is 2.20 bits per heavy atom. The summed E-state index contributed by atoms with van der Waals surface area (Å²) >= 11 is 0. The van der Waals surface area contributed by atoms with Crippen molar-refractivity contribution in [2.75, 3.05) is 13.1 Å². The van der Waals surface area contributed by atoms with Crippen LogP contribution in [0, 0.1) is 11.6 Å². The second kappa shape index (κ2) is 6.17. The standard InChI is InChI=1S/C14H18F2N2O2/c1-9(14(19)18-6-2-3-10(17)8-18)20-11-4-5-12(15)13(16)7-11/h4-5,7,9-10H,2-3,6,8,17H2,1H3/t9-,10-/m0/s1. The van der Waals surface area contributed by atoms with Gasteiger partial charge in [0.15, 0.2) is 17.7 Å². The molecule has 1 aliphatic heterocycles. The molecule has 1 aromatic carbocycles. The summed E-state index contributed by atoms with van der Waals surface area (Å²) in [5.74, 6) is -2.00. The number of piperidine rings is 1. The van der Waals surface area contributed by atoms with E-state index in [1.165, 1.54) is 6.07 Å². The van der Waals surface area contributed by atoms with Crippen molar-refractivity contribution in [3.8, 4) is 5.75 Å². The molecule has 1 amide bonds. The Morgan fingerprint density at radius 3 is 2.85 bits per heavy atom. The number of hydrogen-bond donors (Lipinski definition) is 1. The van der Waals surface area contributed by atoms with E-state index in [9.17, 15) is 13.6 Å². The Kier molecular flexibility index (Phi) is 4.54. The van der Waals surface area contributed by atoms with Crippen LogP contribution in [-0.4, -0.2) is 36.0 Å². The lowest BCUT2D eigenvalue weighted by molar-refractivity contribution is -0.139. The molecule has 1 saturated heterocycles. The first-order valence-corrected chi connectivity index (χ1v) is 6.63. The summed E-state index contributed by atoms with van der Waals surface area (Å²) in [6.07, 6.45) is 1.01. The molecule has 0 unspecified atom stereocenters. The van der Waals surface area contributed by atoms with Crippen molar-refractivity contribution in [2.45, 2.75) is 31.9 Å². The lowest BCUT2D eigenvalue weighted by atomic mass is 10.1. The van der Waals surface area contributed by atoms with Crippen LogP contribution in [0.2, 0.25) is 0 Å². The van der Waals surface area contributed by atoms with Crippen LogP contribution >= 0.6 is 0 Å². The Balaban J connectivity index is 1.98. The number of halogens is 2. The van der Waals surface area contributed by atoms with Gasteiger partial charge < -0.3 is 15.4 Å². The highest BCUT2D eigenvalue weighted by atomic mass is 19.2. The maximum atomic E-state index is 13.1. The minimum absolute atomic E-state index is 0.0110. The third-order valence-corrected chi connectivity index (χ3v) is 3.32. The van der Waals surface area contributed by atoms with E-state index in [2.05, 4.69) is 0 Å². The van der Waals surface area contributed by atoms with Gasteiger partial charge in [0.2, 0.25) is 0 Å². The van der Waals surface area contributed by atoms with Crippen molar-refractivity contribution < 1.29 is 18.3 Å². The molecular formula is C14H18F2N2O2. The highest BCUT2D eigenvalue weighted by Gasteiger charge is 2.26. The molecule has 4 nitrogen and oxygen atoms in total. The van der Waals surface area contributed by atoms with Crippen molar-refractivity contribution in [1.29, 1.82) is 0 Å². The van der Waals surface area contributed by atoms with Crippen LogP contribution in [-0.2, 0) is 4.79 Å². The number of rotatable bonds is 3. The third-order valence-electron chi connectivity index (χ3n) is 3.32. The molecule has 110 valence electrons. The van der Waals surface area contributed by atoms with Gasteiger partial charge >= 0.3 is 0 Å². The molecule has 0 saturated carbocycles. The molecule has 2 atom stereocenters. The highest BCUT2D eigenvalue weighted by Crippen LogP contribution is 2.18. The summed E-state index contributed by atoms with van der Waals surface area (Å²) in [6.45, 7) is 2.74. The minimum atomic E-state index is -0.998. The fourth-order valence-corrected chi connectivity index (χ4v) is 2.27. The van der Waals surface area contributed by atoms with Gasteiger partial charge in [0.25, 0.3) is 5.91 Å². The van der Waals surface area contributed by atoms with Crippen LogP contribution in [0.4, 0.5) is 8.78 Å². The summed E-state index contributed by atoms with van der Waals surface area (Å²) in [5, 5.41) is 0. The number of amides is 1. The molecular weight excluding hydrogens is 266 g/mol. The maximum Gasteiger partial charge on any atom is 0.263 e. The predicted octanol–water partition coefficient (Wildman–Crippen LogP) is 1.68. The van der Waals surface area contributed by atoms with Gasteiger partial charge in [-0.3, -0.25) is 4.79 Å². The van der Waals surface area contributed by atoms with Crippen LogP contribution in [0.5, 0.6) is 5.75 Å². The summed E-state index contributed by atoms with van der Waals surface area (Å²) < 4.78 is 31.2. The number of benzene rings is 1. The van der Waals surface area contributed by atoms with E-state index in [0.717, 1.165) is 25.0 Å². The normalized spacial score (nSPS) is 20.6. The molecule has 0 bridgehead atoms. The average molecular weight is 284 g/mol. The molecule has 6 heteroatoms. The predicted molar refractivity (Wildman–Crippen MR) is 70.2 cm³/mol. The van der Waals surface area contributed by atoms with E-state index >= 15 is 0 Å². The third kappa shape index (κ3) is 3.45. The molecule has 1 fully saturated rings. The van der Waals surface area contributed by atoms with Crippen LogP contribution in [0.3, 0.4) is 0 Å². The Labute approximate surface area is 116 Å². The molecule has 1 aliphatic rings. The fourth-order valence-electron chi connectivity index (χ4n) is 2.27. The Morgan fingerprint density at radius 1 is 1.45 bits per heavy atom. The van der Waals surface area contributed by atoms with Crippen molar-refractivity contribution >= 4 is 5.91 Å². The molecule has 2 N–H and O–H groups in total. The van der Waals surface area contributed by atoms with Gasteiger partial charge in [-0.15, -0.1) is 0 Å². The lowest BCUT2D eigenvalue weighted by Crippen LogP contribution is -2.49. The van der Waals surface area contributed by atoms with E-state index < -0.39 is 17.7 Å². The van der Waals surface area contributed by atoms with Crippen LogP contribution in [0.15, 0.2) is 18.2 Å². The average Bonchev–Trinajstić information content (AvgIpc) is 2.42. The highest BCUT2D eigenvalue weighted by molar-refractivity contribution is 5.81. The zero-order valence-electron chi connectivity index (χ0n) is 11.3. The zero-order chi connectivity index (χ0) is 14.7. The molecule has 2 rings (SSSR count). The van der Waals surface area contributed by atoms with Crippen LogP contribution in [0.1, 0.15) is 19.8 Å². The van der Waals surface area contributed by atoms with E-state index in [-0.39, 0.29) is 17.7 Å². The number of carbonyl (C=O) groups is 1. The summed E-state index contributed by atoms with van der Waals surface area (Å²) in [6, 6.07) is 3.19. The number of likely N-dealkylation sites (tertiary alicyclic amines) is 1. The molecule has 1 aromatic rings. The van der Waals surface area contributed by atoms with Gasteiger partial charge in [-0.2, -0.15) is 0 Å². The van der Waals surface area contributed by atoms with Gasteiger partial charge in [0.05, 0.1) is 0 Å². The van der Waals surface area contributed by atoms with Crippen LogP contribution < -0.4 is 10.5 Å². The van der Waals surface area contributed by atoms with Gasteiger partial charge in [0, 0.05) is 25.2 Å². The van der Waals surface area contributed by atoms with Crippen molar-refractivity contribution in [1.82, 2.24) is 4.90 Å². The molecule has 0 aromatic heterocycles. The minimum Gasteiger partial charge on any atom is -0.481 e. The van der Waals surface area contributed by atoms with Gasteiger partial charge in [-0.1, -0.05) is 0 Å². The first kappa shape index (κ1) is 14.7. The fraction of sp³-hybridized carbons (Fsp3) is 0.500. The van der Waals surface area contributed by atoms with E-state index in [0.29, 0.717) is 13.1 Å². The Hall–Kier alpha value is -1.69. The van der Waals surface area contributed by atoms with Crippen LogP contribution in [0.25, 0.3) is 0 Å². The molecule has 0 spiro atoms. The summed E-state index contributed by atoms with van der Waals surface area (Å²) in [5.41, 5.74) is 5.83. The number of nitrogens with two attached hydrogens (primary N) is 1. The molecule has 0 aliphatic carbocycles. The quantitative estimate of drug-likeness (QED) is 0.919. The largest absolute Gasteiger partial charge is 0.481 e. The monoisotopic (exact) mass is 284 g/mol. The summed E-state index contributed by atoms with van der Waals surface area (Å²) in [7, 11) is 0. The number of hydrogen-bond acceptors (Lipinski definition) is 3. The molecule has 1 heterocycles. The smallest absolute Gasteiger partial charge is 0.263 e. The first-order chi connectivity index (χ1) is 9.47. The van der Waals surface area contributed by atoms with E-state index in [1.807, 2.05) is 0 Å². The van der Waals surface area contributed by atoms with Gasteiger partial charge in [-0.05, 0) is 31.9 Å². The number of nitrogens with zero attached hydrogens (tertiary/aromatic N) is 1. The SMILES string of the molecule is C[C@H](Oc1ccc(F)c(F)c1)C(=O)N1CCC[C@H](N)C1. The van der Waals surface area contributed by atoms with Gasteiger partial charge in [0.1, 0.15) is 5.75 Å². The van der Waals surface area contributed by atoms with E-state index in [1.54, 1.807) is 11.8 Å². The van der Waals surface area contributed by atoms with Crippen molar-refractivity contribution in [3.63, 3.8) is 0 Å². The number of ether oxygens (including phenoxy) is 1. The number of carbonyl (C=O) groups excluding carboxylic acids is 1. The maximum absolute atomic E-state index is 13.1.